The minimum Gasteiger partial charge on any atom is -0.122 e. The molecule has 0 nitrogen and oxygen atoms in total. The number of benzene rings is 1. The van der Waals surface area contributed by atoms with Gasteiger partial charge in [-0.25, -0.2) is 0 Å². The molecule has 1 rings (SSSR count). The number of halogens is 1. The Bertz CT molecular complexity index is 150. The van der Waals surface area contributed by atoms with Crippen molar-refractivity contribution in [3.05, 3.63) is 35.9 Å². The molecule has 9 heavy (non-hydrogen) atoms. The third kappa shape index (κ3) is 3.03. The summed E-state index contributed by atoms with van der Waals surface area (Å²) in [7, 11) is 0. The molecule has 0 amide bonds. The molecule has 1 aromatic rings. The molecule has 1 aromatic carbocycles. The van der Waals surface area contributed by atoms with E-state index >= 15 is 0 Å². The summed E-state index contributed by atoms with van der Waals surface area (Å²) < 4.78 is 0. The second kappa shape index (κ2) is 5.02. The van der Waals surface area contributed by atoms with Crippen LogP contribution in [0.2, 0.25) is 0 Å². The minimum absolute atomic E-state index is 0. The van der Waals surface area contributed by atoms with Crippen LogP contribution in [0, 0.1) is 0 Å². The van der Waals surface area contributed by atoms with Crippen molar-refractivity contribution in [2.45, 2.75) is 5.88 Å². The average molecular weight is 322 g/mol. The smallest absolute Gasteiger partial charge is 0.0474 e. The zero-order valence-corrected chi connectivity index (χ0v) is 7.82. The molecule has 0 aromatic heterocycles. The van der Waals surface area contributed by atoms with Crippen LogP contribution in [0.15, 0.2) is 30.3 Å². The molecule has 0 aliphatic heterocycles. The summed E-state index contributed by atoms with van der Waals surface area (Å²) >= 11 is 5.53. The van der Waals surface area contributed by atoms with Crippen LogP contribution in [-0.2, 0) is 26.9 Å². The van der Waals surface area contributed by atoms with Crippen molar-refractivity contribution in [1.29, 1.82) is 0 Å². The van der Waals surface area contributed by atoms with E-state index in [1.807, 2.05) is 30.3 Å². The SMILES string of the molecule is ClCc1ccccc1.[Pt]. The van der Waals surface area contributed by atoms with Gasteiger partial charge in [-0.2, -0.15) is 0 Å². The third-order valence-electron chi connectivity index (χ3n) is 0.997. The van der Waals surface area contributed by atoms with E-state index in [9.17, 15) is 0 Å². The van der Waals surface area contributed by atoms with Crippen LogP contribution in [0.5, 0.6) is 0 Å². The summed E-state index contributed by atoms with van der Waals surface area (Å²) in [6.45, 7) is 0. The van der Waals surface area contributed by atoms with Crippen molar-refractivity contribution in [1.82, 2.24) is 0 Å². The van der Waals surface area contributed by atoms with Gasteiger partial charge >= 0.3 is 0 Å². The minimum atomic E-state index is 0. The summed E-state index contributed by atoms with van der Waals surface area (Å²) in [4.78, 5) is 0. The van der Waals surface area contributed by atoms with Crippen molar-refractivity contribution >= 4 is 11.6 Å². The van der Waals surface area contributed by atoms with Crippen molar-refractivity contribution < 1.29 is 21.1 Å². The summed E-state index contributed by atoms with van der Waals surface area (Å²) in [5.41, 5.74) is 1.18. The van der Waals surface area contributed by atoms with Gasteiger partial charge in [0.05, 0.1) is 0 Å². The van der Waals surface area contributed by atoms with Gasteiger partial charge in [0, 0.05) is 26.9 Å². The molecular weight excluding hydrogens is 315 g/mol. The fourth-order valence-electron chi connectivity index (χ4n) is 0.567. The first-order valence-electron chi connectivity index (χ1n) is 2.53. The second-order valence-corrected chi connectivity index (χ2v) is 1.89. The van der Waals surface area contributed by atoms with Gasteiger partial charge in [0.1, 0.15) is 0 Å². The molecular formula is C7H7ClPt. The zero-order chi connectivity index (χ0) is 5.82. The van der Waals surface area contributed by atoms with Crippen molar-refractivity contribution in [3.63, 3.8) is 0 Å². The van der Waals surface area contributed by atoms with E-state index in [1.165, 1.54) is 5.56 Å². The Morgan fingerprint density at radius 3 is 2.00 bits per heavy atom. The van der Waals surface area contributed by atoms with E-state index in [0.29, 0.717) is 5.88 Å². The Morgan fingerprint density at radius 2 is 1.67 bits per heavy atom. The van der Waals surface area contributed by atoms with Crippen LogP contribution in [0.3, 0.4) is 0 Å². The largest absolute Gasteiger partial charge is 0.122 e. The van der Waals surface area contributed by atoms with E-state index in [0.717, 1.165) is 0 Å². The van der Waals surface area contributed by atoms with Gasteiger partial charge in [0.2, 0.25) is 0 Å². The number of rotatable bonds is 1. The number of hydrogen-bond acceptors (Lipinski definition) is 0. The molecule has 52 valence electrons. The van der Waals surface area contributed by atoms with E-state index < -0.39 is 0 Å². The van der Waals surface area contributed by atoms with Gasteiger partial charge in [0.25, 0.3) is 0 Å². The Labute approximate surface area is 74.5 Å². The first-order chi connectivity index (χ1) is 3.93. The molecule has 0 atom stereocenters. The van der Waals surface area contributed by atoms with E-state index in [-0.39, 0.29) is 21.1 Å². The van der Waals surface area contributed by atoms with Gasteiger partial charge in [0.15, 0.2) is 0 Å². The van der Waals surface area contributed by atoms with Gasteiger partial charge in [-0.05, 0) is 5.56 Å². The van der Waals surface area contributed by atoms with Gasteiger partial charge in [-0.3, -0.25) is 0 Å². The topological polar surface area (TPSA) is 0 Å². The van der Waals surface area contributed by atoms with Crippen molar-refractivity contribution in [3.8, 4) is 0 Å². The van der Waals surface area contributed by atoms with Crippen LogP contribution < -0.4 is 0 Å². The molecule has 0 unspecified atom stereocenters. The molecule has 0 fully saturated rings. The van der Waals surface area contributed by atoms with E-state index in [4.69, 9.17) is 11.6 Å². The fourth-order valence-corrected chi connectivity index (χ4v) is 0.745. The van der Waals surface area contributed by atoms with Gasteiger partial charge in [-0.1, -0.05) is 30.3 Å². The van der Waals surface area contributed by atoms with Crippen LogP contribution in [0.1, 0.15) is 5.56 Å². The number of alkyl halides is 1. The maximum absolute atomic E-state index is 5.53. The van der Waals surface area contributed by atoms with Crippen LogP contribution in [0.25, 0.3) is 0 Å². The summed E-state index contributed by atoms with van der Waals surface area (Å²) in [6.07, 6.45) is 0. The predicted octanol–water partition coefficient (Wildman–Crippen LogP) is 2.42. The van der Waals surface area contributed by atoms with Crippen LogP contribution in [0.4, 0.5) is 0 Å². The second-order valence-electron chi connectivity index (χ2n) is 1.62. The quantitative estimate of drug-likeness (QED) is 0.697. The molecule has 0 aliphatic carbocycles. The first-order valence-corrected chi connectivity index (χ1v) is 3.07. The van der Waals surface area contributed by atoms with Gasteiger partial charge < -0.3 is 0 Å². The Morgan fingerprint density at radius 1 is 1.11 bits per heavy atom. The summed E-state index contributed by atoms with van der Waals surface area (Å²) in [5, 5.41) is 0. The molecule has 0 spiro atoms. The zero-order valence-electron chi connectivity index (χ0n) is 4.79. The standard InChI is InChI=1S/C7H7Cl.Pt/c8-6-7-4-2-1-3-5-7;/h1-5H,6H2;. The normalized spacial score (nSPS) is 8.11. The van der Waals surface area contributed by atoms with Gasteiger partial charge in [-0.15, -0.1) is 11.6 Å². The molecule has 0 saturated carbocycles. The molecule has 0 N–H and O–H groups in total. The molecule has 0 saturated heterocycles. The summed E-state index contributed by atoms with van der Waals surface area (Å²) in [5.74, 6) is 0.612. The molecule has 0 aliphatic rings. The molecule has 0 bridgehead atoms. The average Bonchev–Trinajstić information content (AvgIpc) is 1.90. The summed E-state index contributed by atoms with van der Waals surface area (Å²) in [6, 6.07) is 9.96. The monoisotopic (exact) mass is 321 g/mol. The van der Waals surface area contributed by atoms with Crippen LogP contribution >= 0.6 is 11.6 Å². The first kappa shape index (κ1) is 9.20. The maximum Gasteiger partial charge on any atom is 0.0474 e. The predicted molar refractivity (Wildman–Crippen MR) is 36.0 cm³/mol. The number of hydrogen-bond donors (Lipinski definition) is 0. The molecule has 0 radical (unpaired) electrons. The maximum atomic E-state index is 5.53. The van der Waals surface area contributed by atoms with Crippen molar-refractivity contribution in [2.24, 2.45) is 0 Å². The van der Waals surface area contributed by atoms with Crippen LogP contribution in [-0.4, -0.2) is 0 Å². The van der Waals surface area contributed by atoms with Crippen molar-refractivity contribution in [2.75, 3.05) is 0 Å². The fraction of sp³-hybridized carbons (Fsp3) is 0.143. The third-order valence-corrected chi connectivity index (χ3v) is 1.31. The Kier molecular flexibility index (Phi) is 5.13. The van der Waals surface area contributed by atoms with E-state index in [1.54, 1.807) is 0 Å². The van der Waals surface area contributed by atoms with E-state index in [2.05, 4.69) is 0 Å². The Hall–Kier alpha value is 0.198. The Balaban J connectivity index is 0.000000640. The molecule has 0 heterocycles. The molecule has 2 heteroatoms.